The summed E-state index contributed by atoms with van der Waals surface area (Å²) in [5.41, 5.74) is 6.08. The molecule has 0 fully saturated rings. The van der Waals surface area contributed by atoms with Crippen LogP contribution in [0, 0.1) is 0 Å². The second-order valence-electron chi connectivity index (χ2n) is 3.89. The average Bonchev–Trinajstić information content (AvgIpc) is 2.35. The molecule has 0 atom stereocenters. The molecule has 2 N–H and O–H groups in total. The number of anilines is 1. The molecular weight excluding hydrogens is 266 g/mol. The Kier molecular flexibility index (Phi) is 5.88. The van der Waals surface area contributed by atoms with Crippen molar-refractivity contribution >= 4 is 5.69 Å². The van der Waals surface area contributed by atoms with Gasteiger partial charge in [0, 0.05) is 12.1 Å². The molecule has 1 rings (SSSR count). The third-order valence-corrected chi connectivity index (χ3v) is 2.20. The third kappa shape index (κ3) is 5.78. The third-order valence-electron chi connectivity index (χ3n) is 2.20. The van der Waals surface area contributed by atoms with Crippen LogP contribution >= 0.6 is 0 Å². The molecule has 19 heavy (non-hydrogen) atoms. The first-order valence-electron chi connectivity index (χ1n) is 5.64. The van der Waals surface area contributed by atoms with Crippen molar-refractivity contribution in [2.24, 2.45) is 0 Å². The molecule has 0 aliphatic carbocycles. The van der Waals surface area contributed by atoms with Gasteiger partial charge in [-0.2, -0.15) is 8.78 Å². The highest BCUT2D eigenvalue weighted by Gasteiger charge is 2.40. The number of alkyl halides is 4. The largest absolute Gasteiger partial charge is 0.494 e. The van der Waals surface area contributed by atoms with Crippen molar-refractivity contribution in [1.29, 1.82) is 0 Å². The SMILES string of the molecule is Nc1ccc(OCCCOCC(F)(F)C(F)F)cc1. The summed E-state index contributed by atoms with van der Waals surface area (Å²) >= 11 is 0. The number of nitrogens with two attached hydrogens (primary N) is 1. The van der Waals surface area contributed by atoms with Crippen LogP contribution in [0.3, 0.4) is 0 Å². The molecule has 0 unspecified atom stereocenters. The second kappa shape index (κ2) is 7.18. The number of halogens is 4. The van der Waals surface area contributed by atoms with E-state index in [1.54, 1.807) is 24.3 Å². The summed E-state index contributed by atoms with van der Waals surface area (Å²) in [5, 5.41) is 0. The van der Waals surface area contributed by atoms with E-state index < -0.39 is 19.0 Å². The lowest BCUT2D eigenvalue weighted by molar-refractivity contribution is -0.166. The molecule has 0 spiro atoms. The van der Waals surface area contributed by atoms with Gasteiger partial charge in [0.2, 0.25) is 0 Å². The standard InChI is InChI=1S/C12H15F4NO2/c13-11(14)12(15,16)8-18-6-1-7-19-10-4-2-9(17)3-5-10/h2-5,11H,1,6-8,17H2. The Bertz CT molecular complexity index is 370. The molecule has 1 aromatic carbocycles. The topological polar surface area (TPSA) is 44.5 Å². The quantitative estimate of drug-likeness (QED) is 0.452. The first-order chi connectivity index (χ1) is 8.92. The first-order valence-corrected chi connectivity index (χ1v) is 5.64. The zero-order valence-electron chi connectivity index (χ0n) is 10.1. The number of hydrogen-bond donors (Lipinski definition) is 1. The van der Waals surface area contributed by atoms with Crippen LogP contribution in [0.5, 0.6) is 5.75 Å². The summed E-state index contributed by atoms with van der Waals surface area (Å²) in [6, 6.07) is 6.66. The summed E-state index contributed by atoms with van der Waals surface area (Å²) in [4.78, 5) is 0. The summed E-state index contributed by atoms with van der Waals surface area (Å²) in [7, 11) is 0. The Labute approximate surface area is 108 Å². The molecule has 0 saturated carbocycles. The van der Waals surface area contributed by atoms with Crippen molar-refractivity contribution in [2.75, 3.05) is 25.6 Å². The zero-order chi connectivity index (χ0) is 14.3. The van der Waals surface area contributed by atoms with Gasteiger partial charge in [-0.3, -0.25) is 0 Å². The van der Waals surface area contributed by atoms with Crippen LogP contribution in [0.4, 0.5) is 23.2 Å². The van der Waals surface area contributed by atoms with Gasteiger partial charge in [-0.05, 0) is 24.3 Å². The number of nitrogen functional groups attached to an aromatic ring is 1. The monoisotopic (exact) mass is 281 g/mol. The van der Waals surface area contributed by atoms with E-state index in [0.29, 0.717) is 17.9 Å². The lowest BCUT2D eigenvalue weighted by Gasteiger charge is -2.15. The van der Waals surface area contributed by atoms with Gasteiger partial charge in [0.1, 0.15) is 12.4 Å². The van der Waals surface area contributed by atoms with Gasteiger partial charge in [0.15, 0.2) is 0 Å². The van der Waals surface area contributed by atoms with Crippen molar-refractivity contribution < 1.29 is 27.0 Å². The summed E-state index contributed by atoms with van der Waals surface area (Å²) in [6.45, 7) is -1.12. The van der Waals surface area contributed by atoms with Crippen molar-refractivity contribution in [1.82, 2.24) is 0 Å². The van der Waals surface area contributed by atoms with Gasteiger partial charge >= 0.3 is 12.3 Å². The normalized spacial score (nSPS) is 11.8. The molecule has 0 aliphatic heterocycles. The van der Waals surface area contributed by atoms with E-state index in [2.05, 4.69) is 4.74 Å². The highest BCUT2D eigenvalue weighted by Crippen LogP contribution is 2.22. The maximum atomic E-state index is 12.4. The Balaban J connectivity index is 2.10. The number of rotatable bonds is 8. The Morgan fingerprint density at radius 3 is 2.32 bits per heavy atom. The van der Waals surface area contributed by atoms with E-state index in [1.165, 1.54) is 0 Å². The van der Waals surface area contributed by atoms with Gasteiger partial charge in [0.25, 0.3) is 0 Å². The Hall–Kier alpha value is -1.50. The molecular formula is C12H15F4NO2. The Morgan fingerprint density at radius 2 is 1.74 bits per heavy atom. The van der Waals surface area contributed by atoms with Crippen LogP contribution in [-0.2, 0) is 4.74 Å². The van der Waals surface area contributed by atoms with Crippen molar-refractivity contribution in [2.45, 2.75) is 18.8 Å². The highest BCUT2D eigenvalue weighted by atomic mass is 19.3. The highest BCUT2D eigenvalue weighted by molar-refractivity contribution is 5.41. The van der Waals surface area contributed by atoms with Gasteiger partial charge < -0.3 is 15.2 Å². The van der Waals surface area contributed by atoms with Crippen LogP contribution in [-0.4, -0.2) is 32.2 Å². The van der Waals surface area contributed by atoms with Gasteiger partial charge in [-0.1, -0.05) is 0 Å². The first kappa shape index (κ1) is 15.6. The minimum absolute atomic E-state index is 0.0721. The molecule has 108 valence electrons. The predicted octanol–water partition coefficient (Wildman–Crippen LogP) is 2.95. The smallest absolute Gasteiger partial charge is 0.330 e. The number of ether oxygens (including phenoxy) is 2. The second-order valence-corrected chi connectivity index (χ2v) is 3.89. The van der Waals surface area contributed by atoms with E-state index in [9.17, 15) is 17.6 Å². The minimum atomic E-state index is -4.10. The molecule has 0 aliphatic rings. The molecule has 1 aromatic rings. The lowest BCUT2D eigenvalue weighted by Crippen LogP contribution is -2.32. The van der Waals surface area contributed by atoms with E-state index in [0.717, 1.165) is 0 Å². The van der Waals surface area contributed by atoms with Crippen molar-refractivity contribution in [3.05, 3.63) is 24.3 Å². The maximum absolute atomic E-state index is 12.4. The number of hydrogen-bond acceptors (Lipinski definition) is 3. The van der Waals surface area contributed by atoms with Crippen LogP contribution in [0.1, 0.15) is 6.42 Å². The fourth-order valence-electron chi connectivity index (χ4n) is 1.19. The van der Waals surface area contributed by atoms with Crippen LogP contribution in [0.2, 0.25) is 0 Å². The van der Waals surface area contributed by atoms with Gasteiger partial charge in [0.05, 0.1) is 13.2 Å². The van der Waals surface area contributed by atoms with Crippen molar-refractivity contribution in [3.8, 4) is 5.75 Å². The number of benzene rings is 1. The zero-order valence-corrected chi connectivity index (χ0v) is 10.1. The van der Waals surface area contributed by atoms with E-state index >= 15 is 0 Å². The van der Waals surface area contributed by atoms with Gasteiger partial charge in [-0.25, -0.2) is 8.78 Å². The average molecular weight is 281 g/mol. The predicted molar refractivity (Wildman–Crippen MR) is 62.7 cm³/mol. The van der Waals surface area contributed by atoms with E-state index in [1.807, 2.05) is 0 Å². The summed E-state index contributed by atoms with van der Waals surface area (Å²) < 4.78 is 58.2. The molecule has 7 heteroatoms. The van der Waals surface area contributed by atoms with Crippen LogP contribution < -0.4 is 10.5 Å². The van der Waals surface area contributed by atoms with Gasteiger partial charge in [-0.15, -0.1) is 0 Å². The van der Waals surface area contributed by atoms with Crippen LogP contribution in [0.15, 0.2) is 24.3 Å². The summed E-state index contributed by atoms with van der Waals surface area (Å²) in [5.74, 6) is -3.51. The maximum Gasteiger partial charge on any atom is 0.330 e. The minimum Gasteiger partial charge on any atom is -0.494 e. The molecule has 0 aromatic heterocycles. The van der Waals surface area contributed by atoms with E-state index in [4.69, 9.17) is 10.5 Å². The molecule has 0 amide bonds. The molecule has 0 radical (unpaired) electrons. The molecule has 0 saturated heterocycles. The summed E-state index contributed by atoms with van der Waals surface area (Å²) in [6.07, 6.45) is -3.39. The molecule has 0 heterocycles. The lowest BCUT2D eigenvalue weighted by atomic mass is 10.3. The fraction of sp³-hybridized carbons (Fsp3) is 0.500. The Morgan fingerprint density at radius 1 is 1.11 bits per heavy atom. The van der Waals surface area contributed by atoms with Crippen LogP contribution in [0.25, 0.3) is 0 Å². The van der Waals surface area contributed by atoms with E-state index in [-0.39, 0.29) is 13.2 Å². The van der Waals surface area contributed by atoms with Crippen molar-refractivity contribution in [3.63, 3.8) is 0 Å². The molecule has 0 bridgehead atoms. The fourth-order valence-corrected chi connectivity index (χ4v) is 1.19. The molecule has 3 nitrogen and oxygen atoms in total.